The molecule has 0 amide bonds. The molecule has 0 spiro atoms. The summed E-state index contributed by atoms with van der Waals surface area (Å²) in [6, 6.07) is 4.08. The third kappa shape index (κ3) is 5.44. The number of hydrogen-bond acceptors (Lipinski definition) is 3. The van der Waals surface area contributed by atoms with Crippen LogP contribution in [0.3, 0.4) is 0 Å². The molecule has 0 aliphatic heterocycles. The van der Waals surface area contributed by atoms with Crippen molar-refractivity contribution < 1.29 is 22.3 Å². The van der Waals surface area contributed by atoms with E-state index in [1.807, 2.05) is 0 Å². The number of nitrogens with two attached hydrogens (primary N) is 1. The predicted octanol–water partition coefficient (Wildman–Crippen LogP) is 2.16. The summed E-state index contributed by atoms with van der Waals surface area (Å²) in [5.41, 5.74) is 5.72. The van der Waals surface area contributed by atoms with E-state index in [2.05, 4.69) is 0 Å². The van der Waals surface area contributed by atoms with Gasteiger partial charge in [-0.1, -0.05) is 6.07 Å². The molecule has 0 saturated heterocycles. The summed E-state index contributed by atoms with van der Waals surface area (Å²) < 4.78 is 55.2. The highest BCUT2D eigenvalue weighted by Crippen LogP contribution is 2.21. The van der Waals surface area contributed by atoms with Gasteiger partial charge in [0.1, 0.15) is 0 Å². The molecular formula is C12H16F4N2O. The number of rotatable bonds is 6. The lowest BCUT2D eigenvalue weighted by Crippen LogP contribution is -2.37. The SMILES string of the molecule is COc1ccc(CN(CCN)CC(F)(F)F)cc1F. The second kappa shape index (κ2) is 6.72. The molecule has 0 heterocycles. The van der Waals surface area contributed by atoms with Gasteiger partial charge in [-0.15, -0.1) is 0 Å². The van der Waals surface area contributed by atoms with Gasteiger partial charge in [-0.05, 0) is 17.7 Å². The number of benzene rings is 1. The lowest BCUT2D eigenvalue weighted by molar-refractivity contribution is -0.146. The van der Waals surface area contributed by atoms with Crippen LogP contribution in [0.5, 0.6) is 5.75 Å². The second-order valence-electron chi connectivity index (χ2n) is 4.08. The van der Waals surface area contributed by atoms with Crippen LogP contribution in [-0.4, -0.2) is 37.8 Å². The van der Waals surface area contributed by atoms with Crippen LogP contribution in [0.25, 0.3) is 0 Å². The molecule has 1 aromatic carbocycles. The van der Waals surface area contributed by atoms with Gasteiger partial charge in [0.25, 0.3) is 0 Å². The zero-order valence-electron chi connectivity index (χ0n) is 10.5. The first-order valence-corrected chi connectivity index (χ1v) is 5.67. The Kier molecular flexibility index (Phi) is 5.56. The zero-order valence-corrected chi connectivity index (χ0v) is 10.5. The van der Waals surface area contributed by atoms with E-state index in [0.29, 0.717) is 5.56 Å². The van der Waals surface area contributed by atoms with Gasteiger partial charge in [0, 0.05) is 19.6 Å². The third-order valence-electron chi connectivity index (χ3n) is 2.47. The maximum atomic E-state index is 13.4. The van der Waals surface area contributed by atoms with Gasteiger partial charge in [-0.25, -0.2) is 4.39 Å². The number of hydrogen-bond donors (Lipinski definition) is 1. The largest absolute Gasteiger partial charge is 0.494 e. The fourth-order valence-electron chi connectivity index (χ4n) is 1.72. The Balaban J connectivity index is 2.76. The molecular weight excluding hydrogens is 264 g/mol. The second-order valence-corrected chi connectivity index (χ2v) is 4.08. The van der Waals surface area contributed by atoms with Crippen LogP contribution in [0.2, 0.25) is 0 Å². The molecule has 0 bridgehead atoms. The third-order valence-corrected chi connectivity index (χ3v) is 2.47. The monoisotopic (exact) mass is 280 g/mol. The van der Waals surface area contributed by atoms with E-state index in [0.717, 1.165) is 4.90 Å². The Morgan fingerprint density at radius 1 is 1.32 bits per heavy atom. The number of halogens is 4. The van der Waals surface area contributed by atoms with E-state index in [1.54, 1.807) is 0 Å². The van der Waals surface area contributed by atoms with Crippen molar-refractivity contribution in [3.05, 3.63) is 29.6 Å². The molecule has 0 aliphatic carbocycles. The quantitative estimate of drug-likeness (QED) is 0.812. The van der Waals surface area contributed by atoms with Crippen LogP contribution in [0, 0.1) is 5.82 Å². The minimum absolute atomic E-state index is 0.0162. The average molecular weight is 280 g/mol. The number of ether oxygens (including phenoxy) is 1. The molecule has 1 aromatic rings. The molecule has 108 valence electrons. The molecule has 0 fully saturated rings. The van der Waals surface area contributed by atoms with Gasteiger partial charge in [-0.2, -0.15) is 13.2 Å². The molecule has 19 heavy (non-hydrogen) atoms. The highest BCUT2D eigenvalue weighted by Gasteiger charge is 2.30. The summed E-state index contributed by atoms with van der Waals surface area (Å²) >= 11 is 0. The van der Waals surface area contributed by atoms with Crippen LogP contribution in [0.4, 0.5) is 17.6 Å². The van der Waals surface area contributed by atoms with Crippen LogP contribution in [0.15, 0.2) is 18.2 Å². The summed E-state index contributed by atoms with van der Waals surface area (Å²) in [7, 11) is 1.32. The smallest absolute Gasteiger partial charge is 0.401 e. The molecule has 0 aromatic heterocycles. The van der Waals surface area contributed by atoms with Gasteiger partial charge in [0.15, 0.2) is 11.6 Å². The van der Waals surface area contributed by atoms with Crippen LogP contribution < -0.4 is 10.5 Å². The maximum Gasteiger partial charge on any atom is 0.401 e. The first-order chi connectivity index (χ1) is 8.85. The van der Waals surface area contributed by atoms with Crippen LogP contribution >= 0.6 is 0 Å². The molecule has 7 heteroatoms. The molecule has 0 unspecified atom stereocenters. The molecule has 0 aliphatic rings. The fourth-order valence-corrected chi connectivity index (χ4v) is 1.72. The van der Waals surface area contributed by atoms with Crippen LogP contribution in [-0.2, 0) is 6.54 Å². The van der Waals surface area contributed by atoms with Crippen molar-refractivity contribution in [3.63, 3.8) is 0 Å². The topological polar surface area (TPSA) is 38.5 Å². The van der Waals surface area contributed by atoms with Gasteiger partial charge < -0.3 is 10.5 Å². The van der Waals surface area contributed by atoms with Crippen molar-refractivity contribution in [1.29, 1.82) is 0 Å². The summed E-state index contributed by atoms with van der Waals surface area (Å²) in [6.07, 6.45) is -4.31. The van der Waals surface area contributed by atoms with Crippen molar-refractivity contribution >= 4 is 0 Å². The Bertz CT molecular complexity index is 409. The average Bonchev–Trinajstić information content (AvgIpc) is 2.27. The first kappa shape index (κ1) is 15.7. The van der Waals surface area contributed by atoms with Crippen molar-refractivity contribution in [2.45, 2.75) is 12.7 Å². The normalized spacial score (nSPS) is 11.9. The lowest BCUT2D eigenvalue weighted by Gasteiger charge is -2.23. The summed E-state index contributed by atoms with van der Waals surface area (Å²) in [6.45, 7) is -0.892. The van der Waals surface area contributed by atoms with E-state index < -0.39 is 18.5 Å². The van der Waals surface area contributed by atoms with E-state index in [4.69, 9.17) is 10.5 Å². The Morgan fingerprint density at radius 2 is 2.00 bits per heavy atom. The number of alkyl halides is 3. The van der Waals surface area contributed by atoms with Crippen molar-refractivity contribution in [2.75, 3.05) is 26.7 Å². The lowest BCUT2D eigenvalue weighted by atomic mass is 10.2. The highest BCUT2D eigenvalue weighted by atomic mass is 19.4. The zero-order chi connectivity index (χ0) is 14.5. The molecule has 0 saturated carbocycles. The van der Waals surface area contributed by atoms with Gasteiger partial charge in [-0.3, -0.25) is 4.90 Å². The van der Waals surface area contributed by atoms with Crippen LogP contribution in [0.1, 0.15) is 5.56 Å². The maximum absolute atomic E-state index is 13.4. The van der Waals surface area contributed by atoms with E-state index >= 15 is 0 Å². The van der Waals surface area contributed by atoms with Crippen molar-refractivity contribution in [1.82, 2.24) is 4.90 Å². The minimum Gasteiger partial charge on any atom is -0.494 e. The fraction of sp³-hybridized carbons (Fsp3) is 0.500. The molecule has 0 atom stereocenters. The molecule has 1 rings (SSSR count). The van der Waals surface area contributed by atoms with Crippen molar-refractivity contribution in [3.8, 4) is 5.75 Å². The Labute approximate surface area is 108 Å². The van der Waals surface area contributed by atoms with Gasteiger partial charge in [0.05, 0.1) is 13.7 Å². The van der Waals surface area contributed by atoms with Gasteiger partial charge in [0.2, 0.25) is 0 Å². The van der Waals surface area contributed by atoms with Gasteiger partial charge >= 0.3 is 6.18 Å². The molecule has 2 N–H and O–H groups in total. The highest BCUT2D eigenvalue weighted by molar-refractivity contribution is 5.29. The number of methoxy groups -OCH3 is 1. The molecule has 0 radical (unpaired) electrons. The van der Waals surface area contributed by atoms with E-state index in [9.17, 15) is 17.6 Å². The summed E-state index contributed by atoms with van der Waals surface area (Å²) in [4.78, 5) is 1.13. The van der Waals surface area contributed by atoms with E-state index in [1.165, 1.54) is 25.3 Å². The Morgan fingerprint density at radius 3 is 2.47 bits per heavy atom. The van der Waals surface area contributed by atoms with E-state index in [-0.39, 0.29) is 25.4 Å². The number of nitrogens with zero attached hydrogens (tertiary/aromatic N) is 1. The minimum atomic E-state index is -4.31. The van der Waals surface area contributed by atoms with Crippen molar-refractivity contribution in [2.24, 2.45) is 5.73 Å². The standard InChI is InChI=1S/C12H16F4N2O/c1-19-11-3-2-9(6-10(11)13)7-18(5-4-17)8-12(14,15)16/h2-3,6H,4-5,7-8,17H2,1H3. The Hall–Kier alpha value is -1.34. The first-order valence-electron chi connectivity index (χ1n) is 5.67. The molecule has 3 nitrogen and oxygen atoms in total. The summed E-state index contributed by atoms with van der Waals surface area (Å²) in [5.74, 6) is -0.537. The predicted molar refractivity (Wildman–Crippen MR) is 63.3 cm³/mol. The summed E-state index contributed by atoms with van der Waals surface area (Å²) in [5, 5.41) is 0.